The molecule has 6 nitrogen and oxygen atoms in total. The normalized spacial score (nSPS) is 11.1. The van der Waals surface area contributed by atoms with Crippen LogP contribution in [0.1, 0.15) is 18.1 Å². The van der Waals surface area contributed by atoms with Crippen LogP contribution in [0.4, 0.5) is 10.1 Å². The Kier molecular flexibility index (Phi) is 8.43. The highest BCUT2D eigenvalue weighted by Crippen LogP contribution is 2.23. The minimum atomic E-state index is -1.04. The lowest BCUT2D eigenvalue weighted by Crippen LogP contribution is -2.33. The van der Waals surface area contributed by atoms with E-state index in [4.69, 9.17) is 27.9 Å². The molecule has 0 saturated carbocycles. The van der Waals surface area contributed by atoms with E-state index >= 15 is 0 Å². The second-order valence-electron chi connectivity index (χ2n) is 6.77. The van der Waals surface area contributed by atoms with Gasteiger partial charge in [0.05, 0.1) is 11.4 Å². The summed E-state index contributed by atoms with van der Waals surface area (Å²) in [6.07, 6.45) is 0. The lowest BCUT2D eigenvalue weighted by Gasteiger charge is -2.09. The average Bonchev–Trinajstić information content (AvgIpc) is 2.78. The van der Waals surface area contributed by atoms with E-state index in [-0.39, 0.29) is 12.3 Å². The molecule has 0 aliphatic heterocycles. The van der Waals surface area contributed by atoms with Gasteiger partial charge in [0, 0.05) is 20.1 Å². The molecule has 0 unspecified atom stereocenters. The van der Waals surface area contributed by atoms with Gasteiger partial charge in [-0.1, -0.05) is 45.2 Å². The minimum Gasteiger partial charge on any atom is -0.489 e. The molecule has 10 heteroatoms. The van der Waals surface area contributed by atoms with Gasteiger partial charge in [-0.25, -0.2) is 9.82 Å². The van der Waals surface area contributed by atoms with Gasteiger partial charge in [-0.2, -0.15) is 5.10 Å². The first-order chi connectivity index (χ1) is 15.7. The van der Waals surface area contributed by atoms with Gasteiger partial charge in [-0.15, -0.1) is 0 Å². The third-order valence-electron chi connectivity index (χ3n) is 4.39. The SMILES string of the molecule is C/C(=N\NC(=O)C(=O)Nc1ccc(Br)cc1F)c1ccc(OCc2ccc(Cl)cc2Cl)cc1. The monoisotopic (exact) mass is 551 g/mol. The fourth-order valence-electron chi connectivity index (χ4n) is 2.61. The number of anilines is 1. The summed E-state index contributed by atoms with van der Waals surface area (Å²) in [5.74, 6) is -2.14. The molecule has 3 aromatic carbocycles. The Balaban J connectivity index is 1.55. The number of carbonyl (C=O) groups is 2. The highest BCUT2D eigenvalue weighted by molar-refractivity contribution is 9.10. The number of benzene rings is 3. The Labute approximate surface area is 207 Å². The van der Waals surface area contributed by atoms with E-state index in [1.54, 1.807) is 49.4 Å². The van der Waals surface area contributed by atoms with E-state index in [2.05, 4.69) is 31.8 Å². The predicted octanol–water partition coefficient (Wildman–Crippen LogP) is 5.95. The first-order valence-corrected chi connectivity index (χ1v) is 11.1. The fraction of sp³-hybridized carbons (Fsp3) is 0.0870. The van der Waals surface area contributed by atoms with E-state index in [0.29, 0.717) is 31.5 Å². The number of hydrazone groups is 1. The second-order valence-corrected chi connectivity index (χ2v) is 8.52. The smallest absolute Gasteiger partial charge is 0.329 e. The van der Waals surface area contributed by atoms with E-state index in [1.807, 2.05) is 0 Å². The van der Waals surface area contributed by atoms with Crippen molar-refractivity contribution in [2.45, 2.75) is 13.5 Å². The zero-order valence-corrected chi connectivity index (χ0v) is 20.3. The van der Waals surface area contributed by atoms with Crippen molar-refractivity contribution < 1.29 is 18.7 Å². The van der Waals surface area contributed by atoms with E-state index < -0.39 is 17.6 Å². The molecule has 0 fully saturated rings. The Morgan fingerprint density at radius 2 is 1.76 bits per heavy atom. The van der Waals surface area contributed by atoms with Gasteiger partial charge in [0.1, 0.15) is 18.2 Å². The molecule has 0 aliphatic rings. The van der Waals surface area contributed by atoms with E-state index in [0.717, 1.165) is 5.56 Å². The molecule has 170 valence electrons. The summed E-state index contributed by atoms with van der Waals surface area (Å²) in [6, 6.07) is 16.2. The van der Waals surface area contributed by atoms with Gasteiger partial charge in [0.15, 0.2) is 0 Å². The zero-order chi connectivity index (χ0) is 24.0. The maximum atomic E-state index is 13.8. The van der Waals surface area contributed by atoms with Crippen LogP contribution in [0.15, 0.2) is 70.2 Å². The molecule has 0 bridgehead atoms. The van der Waals surface area contributed by atoms with Crippen molar-refractivity contribution in [3.05, 3.63) is 92.1 Å². The summed E-state index contributed by atoms with van der Waals surface area (Å²) in [5.41, 5.74) is 3.99. The molecule has 0 aromatic heterocycles. The van der Waals surface area contributed by atoms with Crippen LogP contribution in [-0.2, 0) is 16.2 Å². The molecule has 0 heterocycles. The van der Waals surface area contributed by atoms with Crippen LogP contribution in [0.2, 0.25) is 10.0 Å². The highest BCUT2D eigenvalue weighted by Gasteiger charge is 2.15. The zero-order valence-electron chi connectivity index (χ0n) is 17.2. The van der Waals surface area contributed by atoms with Crippen molar-refractivity contribution in [2.75, 3.05) is 5.32 Å². The number of halogens is 4. The standard InChI is InChI=1S/C23H17BrCl2FN3O3/c1-13(29-30-23(32)22(31)28-21-9-5-16(24)10-20(21)27)14-3-7-18(8-4-14)33-12-15-2-6-17(25)11-19(15)26/h2-11H,12H2,1H3,(H,28,31)(H,30,32)/b29-13+. The molecule has 0 aliphatic carbocycles. The number of rotatable bonds is 6. The Morgan fingerprint density at radius 1 is 1.03 bits per heavy atom. The Bertz CT molecular complexity index is 1220. The van der Waals surface area contributed by atoms with Crippen LogP contribution in [0.25, 0.3) is 0 Å². The van der Waals surface area contributed by atoms with Gasteiger partial charge < -0.3 is 10.1 Å². The quantitative estimate of drug-likeness (QED) is 0.225. The number of ether oxygens (including phenoxy) is 1. The first kappa shape index (κ1) is 24.7. The summed E-state index contributed by atoms with van der Waals surface area (Å²) in [5, 5.41) is 7.18. The molecule has 2 amide bonds. The molecule has 33 heavy (non-hydrogen) atoms. The summed E-state index contributed by atoms with van der Waals surface area (Å²) in [7, 11) is 0. The number of nitrogens with one attached hydrogen (secondary N) is 2. The van der Waals surface area contributed by atoms with Crippen molar-refractivity contribution >= 4 is 62.3 Å². The first-order valence-electron chi connectivity index (χ1n) is 9.51. The number of carbonyl (C=O) groups excluding carboxylic acids is 2. The van der Waals surface area contributed by atoms with Gasteiger partial charge in [-0.05, 0) is 67.1 Å². The molecule has 3 aromatic rings. The number of hydrogen-bond acceptors (Lipinski definition) is 4. The third kappa shape index (κ3) is 7.02. The third-order valence-corrected chi connectivity index (χ3v) is 5.47. The van der Waals surface area contributed by atoms with Crippen LogP contribution >= 0.6 is 39.1 Å². The largest absolute Gasteiger partial charge is 0.489 e. The summed E-state index contributed by atoms with van der Waals surface area (Å²) in [6.45, 7) is 1.93. The van der Waals surface area contributed by atoms with Crippen LogP contribution in [-0.4, -0.2) is 17.5 Å². The molecule has 0 radical (unpaired) electrons. The van der Waals surface area contributed by atoms with Crippen molar-refractivity contribution in [3.8, 4) is 5.75 Å². The Hall–Kier alpha value is -2.94. The molecule has 0 saturated heterocycles. The minimum absolute atomic E-state index is 0.116. The Morgan fingerprint density at radius 3 is 2.42 bits per heavy atom. The summed E-state index contributed by atoms with van der Waals surface area (Å²) in [4.78, 5) is 24.0. The molecule has 2 N–H and O–H groups in total. The molecule has 0 atom stereocenters. The molecular weight excluding hydrogens is 536 g/mol. The highest BCUT2D eigenvalue weighted by atomic mass is 79.9. The van der Waals surface area contributed by atoms with Crippen LogP contribution < -0.4 is 15.5 Å². The van der Waals surface area contributed by atoms with Gasteiger partial charge >= 0.3 is 11.8 Å². The predicted molar refractivity (Wildman–Crippen MR) is 130 cm³/mol. The average molecular weight is 553 g/mol. The summed E-state index contributed by atoms with van der Waals surface area (Å²) >= 11 is 15.1. The molecule has 3 rings (SSSR count). The number of nitrogens with zero attached hydrogens (tertiary/aromatic N) is 1. The van der Waals surface area contributed by atoms with Crippen LogP contribution in [0, 0.1) is 5.82 Å². The number of hydrogen-bond donors (Lipinski definition) is 2. The maximum absolute atomic E-state index is 13.8. The lowest BCUT2D eigenvalue weighted by molar-refractivity contribution is -0.136. The van der Waals surface area contributed by atoms with Gasteiger partial charge in [0.25, 0.3) is 0 Å². The maximum Gasteiger partial charge on any atom is 0.329 e. The molecular formula is C23H17BrCl2FN3O3. The van der Waals surface area contributed by atoms with Crippen LogP contribution in [0.5, 0.6) is 5.75 Å². The van der Waals surface area contributed by atoms with Crippen molar-refractivity contribution in [1.29, 1.82) is 0 Å². The van der Waals surface area contributed by atoms with Gasteiger partial charge in [0.2, 0.25) is 0 Å². The number of amides is 2. The summed E-state index contributed by atoms with van der Waals surface area (Å²) < 4.78 is 20.0. The lowest BCUT2D eigenvalue weighted by atomic mass is 10.1. The molecule has 0 spiro atoms. The van der Waals surface area contributed by atoms with E-state index in [9.17, 15) is 14.0 Å². The topological polar surface area (TPSA) is 79.8 Å². The fourth-order valence-corrected chi connectivity index (χ4v) is 3.41. The van der Waals surface area contributed by atoms with Gasteiger partial charge in [-0.3, -0.25) is 9.59 Å². The van der Waals surface area contributed by atoms with Crippen LogP contribution in [0.3, 0.4) is 0 Å². The van der Waals surface area contributed by atoms with Crippen molar-refractivity contribution in [2.24, 2.45) is 5.10 Å². The second kappa shape index (κ2) is 11.3. The van der Waals surface area contributed by atoms with Crippen molar-refractivity contribution in [3.63, 3.8) is 0 Å². The van der Waals surface area contributed by atoms with E-state index in [1.165, 1.54) is 18.2 Å². The van der Waals surface area contributed by atoms with Crippen molar-refractivity contribution in [1.82, 2.24) is 5.43 Å².